The van der Waals surface area contributed by atoms with Crippen molar-refractivity contribution in [3.63, 3.8) is 0 Å². The molecule has 1 aliphatic heterocycles. The first-order valence-electron chi connectivity index (χ1n) is 3.53. The van der Waals surface area contributed by atoms with E-state index in [-0.39, 0.29) is 23.0 Å². The van der Waals surface area contributed by atoms with Crippen molar-refractivity contribution in [1.82, 2.24) is 5.32 Å². The number of nitrogens with one attached hydrogen (secondary N) is 1. The van der Waals surface area contributed by atoms with Crippen molar-refractivity contribution in [3.05, 3.63) is 17.5 Å². The number of aliphatic hydroxyl groups excluding tert-OH is 1. The number of nitrogens with zero attached hydrogens (tertiary/aromatic N) is 1. The van der Waals surface area contributed by atoms with Crippen molar-refractivity contribution >= 4 is 17.6 Å². The van der Waals surface area contributed by atoms with E-state index in [0.29, 0.717) is 0 Å². The van der Waals surface area contributed by atoms with E-state index in [1.165, 1.54) is 6.54 Å². The number of aliphatic imine (C=N–C) groups is 1. The van der Waals surface area contributed by atoms with E-state index in [4.69, 9.17) is 21.4 Å². The van der Waals surface area contributed by atoms with E-state index in [2.05, 4.69) is 10.3 Å². The summed E-state index contributed by atoms with van der Waals surface area (Å²) in [5.74, 6) is -0.230. The Kier molecular flexibility index (Phi) is 2.81. The highest BCUT2D eigenvalue weighted by Crippen LogP contribution is 2.14. The van der Waals surface area contributed by atoms with Crippen LogP contribution < -0.4 is 5.32 Å². The van der Waals surface area contributed by atoms with E-state index in [0.717, 1.165) is 0 Å². The maximum Gasteiger partial charge on any atom is 0.293 e. The maximum atomic E-state index is 9.07. The van der Waals surface area contributed by atoms with Crippen molar-refractivity contribution in [3.8, 4) is 0 Å². The molecule has 1 rings (SSSR count). The minimum atomic E-state index is -0.230. The summed E-state index contributed by atoms with van der Waals surface area (Å²) in [5.41, 5.74) is 0. The fraction of sp³-hybridized carbons (Fsp3) is 0.429. The molecule has 0 aromatic rings. The molecule has 0 aliphatic carbocycles. The number of hydrogen-bond acceptors (Lipinski definition) is 4. The first-order valence-corrected chi connectivity index (χ1v) is 3.91. The zero-order valence-corrected chi connectivity index (χ0v) is 7.59. The molecular formula is C7H10ClN2O2. The van der Waals surface area contributed by atoms with Crippen molar-refractivity contribution in [2.75, 3.05) is 0 Å². The van der Waals surface area contributed by atoms with Gasteiger partial charge < -0.3 is 15.2 Å². The van der Waals surface area contributed by atoms with Crippen molar-refractivity contribution in [2.45, 2.75) is 20.0 Å². The fourth-order valence-electron chi connectivity index (χ4n) is 0.655. The predicted octanol–water partition coefficient (Wildman–Crippen LogP) is 1.50. The van der Waals surface area contributed by atoms with Gasteiger partial charge in [0.25, 0.3) is 6.02 Å². The quantitative estimate of drug-likeness (QED) is 0.657. The van der Waals surface area contributed by atoms with Gasteiger partial charge in [0.15, 0.2) is 0 Å². The molecular weight excluding hydrogens is 180 g/mol. The van der Waals surface area contributed by atoms with Crippen LogP contribution in [0.3, 0.4) is 0 Å². The average molecular weight is 190 g/mol. The van der Waals surface area contributed by atoms with Crippen LogP contribution in [-0.2, 0) is 4.74 Å². The molecule has 1 heterocycles. The van der Waals surface area contributed by atoms with Gasteiger partial charge in [-0.15, -0.1) is 0 Å². The molecule has 0 unspecified atom stereocenters. The Labute approximate surface area is 75.9 Å². The van der Waals surface area contributed by atoms with Gasteiger partial charge >= 0.3 is 0 Å². The standard InChI is InChI=1S/C7H10ClN2O2/c1-4(2)12-7-9-3-5(8)6(11)10-7/h3-4,11H,1-2H3,(H,9,10). The molecule has 0 aromatic carbocycles. The Hall–Kier alpha value is -0.900. The topological polar surface area (TPSA) is 53.9 Å². The first kappa shape index (κ1) is 9.19. The van der Waals surface area contributed by atoms with E-state index >= 15 is 0 Å². The number of rotatable bonds is 1. The summed E-state index contributed by atoms with van der Waals surface area (Å²) in [6.45, 7) is 5.14. The molecule has 0 saturated carbocycles. The number of aliphatic hydroxyl groups is 1. The molecule has 0 amide bonds. The molecule has 0 fully saturated rings. The van der Waals surface area contributed by atoms with Crippen LogP contribution in [0.1, 0.15) is 13.8 Å². The van der Waals surface area contributed by atoms with Crippen molar-refractivity contribution < 1.29 is 9.84 Å². The van der Waals surface area contributed by atoms with E-state index in [9.17, 15) is 0 Å². The third kappa shape index (κ3) is 2.30. The molecule has 4 nitrogen and oxygen atoms in total. The van der Waals surface area contributed by atoms with Crippen molar-refractivity contribution in [2.24, 2.45) is 4.99 Å². The lowest BCUT2D eigenvalue weighted by atomic mass is 10.5. The van der Waals surface area contributed by atoms with Crippen LogP contribution in [0.5, 0.6) is 0 Å². The van der Waals surface area contributed by atoms with E-state index in [1.54, 1.807) is 0 Å². The van der Waals surface area contributed by atoms with Gasteiger partial charge in [-0.25, -0.2) is 0 Å². The molecule has 0 spiro atoms. The Morgan fingerprint density at radius 2 is 2.33 bits per heavy atom. The Morgan fingerprint density at radius 1 is 1.67 bits per heavy atom. The fourth-order valence-corrected chi connectivity index (χ4v) is 0.752. The van der Waals surface area contributed by atoms with Gasteiger partial charge in [-0.3, -0.25) is 0 Å². The molecule has 5 heteroatoms. The Morgan fingerprint density at radius 3 is 2.83 bits per heavy atom. The highest BCUT2D eigenvalue weighted by molar-refractivity contribution is 6.31. The smallest absolute Gasteiger partial charge is 0.293 e. The molecule has 67 valence electrons. The van der Waals surface area contributed by atoms with Gasteiger partial charge in [-0.05, 0) is 13.8 Å². The van der Waals surface area contributed by atoms with Crippen LogP contribution >= 0.6 is 11.6 Å². The first-order chi connectivity index (χ1) is 5.59. The molecule has 0 atom stereocenters. The summed E-state index contributed by atoms with van der Waals surface area (Å²) >= 11 is 5.52. The normalized spacial score (nSPS) is 17.5. The van der Waals surface area contributed by atoms with Crippen LogP contribution in [0.4, 0.5) is 0 Å². The second kappa shape index (κ2) is 3.67. The summed E-state index contributed by atoms with van der Waals surface area (Å²) in [6, 6.07) is 0.256. The predicted molar refractivity (Wildman–Crippen MR) is 46.6 cm³/mol. The number of ether oxygens (including phenoxy) is 1. The molecule has 12 heavy (non-hydrogen) atoms. The number of halogens is 1. The van der Waals surface area contributed by atoms with Gasteiger partial charge in [0.2, 0.25) is 5.88 Å². The molecule has 1 radical (unpaired) electrons. The largest absolute Gasteiger partial charge is 0.492 e. The maximum absolute atomic E-state index is 9.07. The van der Waals surface area contributed by atoms with Crippen LogP contribution in [0.25, 0.3) is 0 Å². The summed E-state index contributed by atoms with van der Waals surface area (Å²) < 4.78 is 5.16. The Balaban J connectivity index is 2.63. The molecule has 1 aliphatic rings. The van der Waals surface area contributed by atoms with Gasteiger partial charge in [0, 0.05) is 0 Å². The lowest BCUT2D eigenvalue weighted by Crippen LogP contribution is -2.29. The second-order valence-electron chi connectivity index (χ2n) is 2.54. The zero-order valence-electron chi connectivity index (χ0n) is 6.84. The third-order valence-corrected chi connectivity index (χ3v) is 1.37. The van der Waals surface area contributed by atoms with Crippen LogP contribution in [-0.4, -0.2) is 17.2 Å². The third-order valence-electron chi connectivity index (χ3n) is 1.09. The molecule has 0 aromatic heterocycles. The summed E-state index contributed by atoms with van der Waals surface area (Å²) in [5, 5.41) is 11.9. The lowest BCUT2D eigenvalue weighted by Gasteiger charge is -2.16. The van der Waals surface area contributed by atoms with Crippen LogP contribution in [0, 0.1) is 6.54 Å². The zero-order chi connectivity index (χ0) is 9.14. The highest BCUT2D eigenvalue weighted by atomic mass is 35.5. The van der Waals surface area contributed by atoms with Gasteiger partial charge in [-0.1, -0.05) is 11.6 Å². The summed E-state index contributed by atoms with van der Waals surface area (Å²) in [6.07, 6.45) is 0.00863. The van der Waals surface area contributed by atoms with Crippen LogP contribution in [0.15, 0.2) is 15.9 Å². The molecule has 0 bridgehead atoms. The second-order valence-corrected chi connectivity index (χ2v) is 2.95. The average Bonchev–Trinajstić information content (AvgIpc) is 1.96. The molecule has 2 N–H and O–H groups in total. The minimum Gasteiger partial charge on any atom is -0.492 e. The summed E-state index contributed by atoms with van der Waals surface area (Å²) in [4.78, 5) is 3.66. The Bertz CT molecular complexity index is 236. The molecule has 0 saturated heterocycles. The van der Waals surface area contributed by atoms with Gasteiger partial charge in [-0.2, -0.15) is 4.99 Å². The van der Waals surface area contributed by atoms with Gasteiger partial charge in [0.1, 0.15) is 5.03 Å². The highest BCUT2D eigenvalue weighted by Gasteiger charge is 2.13. The van der Waals surface area contributed by atoms with E-state index in [1.807, 2.05) is 13.8 Å². The monoisotopic (exact) mass is 189 g/mol. The number of hydrogen-bond donors (Lipinski definition) is 2. The number of amidine groups is 1. The SMILES string of the molecule is CC(C)OC1=NC(O)=C(Cl)[CH]N1. The minimum absolute atomic E-state index is 0.00863. The van der Waals surface area contributed by atoms with E-state index < -0.39 is 0 Å². The lowest BCUT2D eigenvalue weighted by molar-refractivity contribution is 0.215. The van der Waals surface area contributed by atoms with Crippen molar-refractivity contribution in [1.29, 1.82) is 0 Å². The van der Waals surface area contributed by atoms with Gasteiger partial charge in [0.05, 0.1) is 12.6 Å². The summed E-state index contributed by atoms with van der Waals surface area (Å²) in [7, 11) is 0. The van der Waals surface area contributed by atoms with Crippen LogP contribution in [0.2, 0.25) is 0 Å².